The van der Waals surface area contributed by atoms with E-state index < -0.39 is 0 Å². The van der Waals surface area contributed by atoms with Crippen LogP contribution in [0.4, 0.5) is 5.69 Å². The molecule has 1 aromatic heterocycles. The van der Waals surface area contributed by atoms with Crippen molar-refractivity contribution in [1.29, 1.82) is 0 Å². The average molecular weight is 421 g/mol. The maximum absolute atomic E-state index is 12.3. The van der Waals surface area contributed by atoms with E-state index in [1.165, 1.54) is 33.3 Å². The lowest BCUT2D eigenvalue weighted by molar-refractivity contribution is -0.116. The third kappa shape index (κ3) is 4.87. The number of imidazole rings is 1. The van der Waals surface area contributed by atoms with Crippen LogP contribution in [0.25, 0.3) is 11.0 Å². The highest BCUT2D eigenvalue weighted by Crippen LogP contribution is 2.35. The molecule has 1 fully saturated rings. The number of ether oxygens (including phenoxy) is 2. The van der Waals surface area contributed by atoms with Gasteiger partial charge in [-0.15, -0.1) is 0 Å². The van der Waals surface area contributed by atoms with E-state index in [0.29, 0.717) is 42.4 Å². The second-order valence-corrected chi connectivity index (χ2v) is 7.90. The van der Waals surface area contributed by atoms with Crippen molar-refractivity contribution in [3.05, 3.63) is 47.8 Å². The van der Waals surface area contributed by atoms with Crippen molar-refractivity contribution >= 4 is 28.4 Å². The summed E-state index contributed by atoms with van der Waals surface area (Å²) in [4.78, 5) is 31.8. The molecule has 1 aliphatic rings. The second kappa shape index (κ2) is 9.20. The molecule has 0 spiro atoms. The van der Waals surface area contributed by atoms with Crippen LogP contribution in [0.15, 0.2) is 36.4 Å². The van der Waals surface area contributed by atoms with E-state index in [2.05, 4.69) is 15.3 Å². The van der Waals surface area contributed by atoms with Crippen molar-refractivity contribution < 1.29 is 19.1 Å². The summed E-state index contributed by atoms with van der Waals surface area (Å²) in [5, 5.41) is 2.94. The largest absolute Gasteiger partial charge is 0.493 e. The van der Waals surface area contributed by atoms with Crippen LogP contribution in [0, 0.1) is 0 Å². The van der Waals surface area contributed by atoms with Gasteiger partial charge in [0.05, 0.1) is 24.8 Å². The van der Waals surface area contributed by atoms with Crippen LogP contribution in [-0.4, -0.2) is 35.4 Å². The van der Waals surface area contributed by atoms with Crippen molar-refractivity contribution in [3.8, 4) is 11.5 Å². The summed E-state index contributed by atoms with van der Waals surface area (Å²) in [6.45, 7) is 1.87. The highest BCUT2D eigenvalue weighted by Gasteiger charge is 2.22. The van der Waals surface area contributed by atoms with Gasteiger partial charge in [0.15, 0.2) is 17.3 Å². The number of hydrogen-bond acceptors (Lipinski definition) is 5. The van der Waals surface area contributed by atoms with Crippen molar-refractivity contribution in [2.24, 2.45) is 0 Å². The quantitative estimate of drug-likeness (QED) is 0.381. The molecule has 0 saturated heterocycles. The van der Waals surface area contributed by atoms with Crippen LogP contribution in [0.5, 0.6) is 11.5 Å². The molecule has 162 valence electrons. The number of nitrogens with zero attached hydrogens (tertiary/aromatic N) is 1. The number of benzene rings is 2. The van der Waals surface area contributed by atoms with Crippen molar-refractivity contribution in [2.45, 2.75) is 44.9 Å². The molecule has 4 rings (SSSR count). The number of methoxy groups -OCH3 is 1. The van der Waals surface area contributed by atoms with Gasteiger partial charge in [0.25, 0.3) is 0 Å². The molecule has 0 atom stereocenters. The Kier molecular flexibility index (Phi) is 6.21. The van der Waals surface area contributed by atoms with Crippen LogP contribution >= 0.6 is 0 Å². The zero-order valence-electron chi connectivity index (χ0n) is 17.9. The molecule has 0 unspecified atom stereocenters. The molecular formula is C24H27N3O4. The Bertz CT molecular complexity index is 1100. The zero-order valence-corrected chi connectivity index (χ0v) is 17.9. The molecule has 1 aliphatic carbocycles. The fourth-order valence-electron chi connectivity index (χ4n) is 3.63. The molecule has 1 saturated carbocycles. The number of aromatic amines is 1. The molecule has 7 nitrogen and oxygen atoms in total. The van der Waals surface area contributed by atoms with E-state index in [1.54, 1.807) is 18.2 Å². The van der Waals surface area contributed by atoms with E-state index in [4.69, 9.17) is 9.47 Å². The Balaban J connectivity index is 1.27. The topological polar surface area (TPSA) is 93.3 Å². The Morgan fingerprint density at radius 3 is 2.71 bits per heavy atom. The average Bonchev–Trinajstić information content (AvgIpc) is 3.12. The summed E-state index contributed by atoms with van der Waals surface area (Å²) < 4.78 is 11.0. The van der Waals surface area contributed by atoms with E-state index in [9.17, 15) is 9.59 Å². The maximum atomic E-state index is 12.3. The Morgan fingerprint density at radius 1 is 1.16 bits per heavy atom. The molecule has 1 amide bonds. The number of carbonyl (C=O) groups is 2. The first-order valence-electron chi connectivity index (χ1n) is 10.6. The van der Waals surface area contributed by atoms with Crippen LogP contribution in [0.2, 0.25) is 0 Å². The molecular weight excluding hydrogens is 394 g/mol. The lowest BCUT2D eigenvalue weighted by Gasteiger charge is -2.22. The number of Topliss-reactive ketones (excluding diaryl/α,β-unsaturated/α-hetero) is 1. The summed E-state index contributed by atoms with van der Waals surface area (Å²) >= 11 is 0. The predicted molar refractivity (Wildman–Crippen MR) is 119 cm³/mol. The first-order chi connectivity index (χ1) is 15.0. The smallest absolute Gasteiger partial charge is 0.224 e. The predicted octanol–water partition coefficient (Wildman–Crippen LogP) is 4.84. The van der Waals surface area contributed by atoms with Gasteiger partial charge in [0, 0.05) is 23.6 Å². The second-order valence-electron chi connectivity index (χ2n) is 7.90. The highest BCUT2D eigenvalue weighted by atomic mass is 16.5. The maximum Gasteiger partial charge on any atom is 0.224 e. The molecule has 3 aromatic rings. The Morgan fingerprint density at radius 2 is 2.00 bits per heavy atom. The van der Waals surface area contributed by atoms with Gasteiger partial charge in [-0.3, -0.25) is 9.59 Å². The van der Waals surface area contributed by atoms with E-state index in [-0.39, 0.29) is 11.7 Å². The molecule has 2 aromatic carbocycles. The van der Waals surface area contributed by atoms with Gasteiger partial charge in [0.2, 0.25) is 5.91 Å². The standard InChI is InChI=1S/C24H27N3O4/c1-15(28)17-8-11-21(22(13-17)30-2)31-12-4-7-23(29)25-18-9-10-19-20(14-18)27-24(26-19)16-5-3-6-16/h8-11,13-14,16H,3-7,12H2,1-2H3,(H,25,29)(H,26,27). The summed E-state index contributed by atoms with van der Waals surface area (Å²) in [6, 6.07) is 10.8. The Labute approximate surface area is 181 Å². The fourth-order valence-corrected chi connectivity index (χ4v) is 3.63. The molecule has 0 aliphatic heterocycles. The summed E-state index contributed by atoms with van der Waals surface area (Å²) in [6.07, 6.45) is 4.55. The first kappa shape index (κ1) is 20.9. The normalized spacial score (nSPS) is 13.6. The van der Waals surface area contributed by atoms with Gasteiger partial charge in [-0.05, 0) is 62.6 Å². The van der Waals surface area contributed by atoms with Gasteiger partial charge in [0.1, 0.15) is 5.82 Å². The number of fused-ring (bicyclic) bond motifs is 1. The number of hydrogen-bond donors (Lipinski definition) is 2. The number of nitrogens with one attached hydrogen (secondary N) is 2. The number of carbonyl (C=O) groups excluding carboxylic acids is 2. The summed E-state index contributed by atoms with van der Waals surface area (Å²) in [5.41, 5.74) is 3.20. The van der Waals surface area contributed by atoms with Crippen LogP contribution in [0.1, 0.15) is 61.1 Å². The molecule has 31 heavy (non-hydrogen) atoms. The lowest BCUT2D eigenvalue weighted by atomic mass is 9.85. The SMILES string of the molecule is COc1cc(C(C)=O)ccc1OCCCC(=O)Nc1ccc2nc(C3CCC3)[nH]c2c1. The summed E-state index contributed by atoms with van der Waals surface area (Å²) in [7, 11) is 1.53. The highest BCUT2D eigenvalue weighted by molar-refractivity contribution is 5.95. The number of amides is 1. The van der Waals surface area contributed by atoms with E-state index >= 15 is 0 Å². The van der Waals surface area contributed by atoms with Gasteiger partial charge in [-0.2, -0.15) is 0 Å². The van der Waals surface area contributed by atoms with Crippen molar-refractivity contribution in [1.82, 2.24) is 9.97 Å². The minimum Gasteiger partial charge on any atom is -0.493 e. The summed E-state index contributed by atoms with van der Waals surface area (Å²) in [5.74, 6) is 2.55. The number of rotatable bonds is 9. The molecule has 0 radical (unpaired) electrons. The lowest BCUT2D eigenvalue weighted by Crippen LogP contribution is -2.13. The molecule has 2 N–H and O–H groups in total. The molecule has 7 heteroatoms. The van der Waals surface area contributed by atoms with Gasteiger partial charge < -0.3 is 19.8 Å². The van der Waals surface area contributed by atoms with E-state index in [0.717, 1.165) is 22.5 Å². The number of aromatic nitrogens is 2. The van der Waals surface area contributed by atoms with Crippen LogP contribution in [-0.2, 0) is 4.79 Å². The number of ketones is 1. The van der Waals surface area contributed by atoms with Gasteiger partial charge >= 0.3 is 0 Å². The third-order valence-corrected chi connectivity index (χ3v) is 5.65. The van der Waals surface area contributed by atoms with Crippen molar-refractivity contribution in [2.75, 3.05) is 19.0 Å². The number of H-pyrrole nitrogens is 1. The third-order valence-electron chi connectivity index (χ3n) is 5.65. The minimum atomic E-state index is -0.0689. The minimum absolute atomic E-state index is 0.0332. The van der Waals surface area contributed by atoms with E-state index in [1.807, 2.05) is 18.2 Å². The van der Waals surface area contributed by atoms with Gasteiger partial charge in [-0.25, -0.2) is 4.98 Å². The first-order valence-corrected chi connectivity index (χ1v) is 10.6. The fraction of sp³-hybridized carbons (Fsp3) is 0.375. The zero-order chi connectivity index (χ0) is 21.8. The molecule has 0 bridgehead atoms. The van der Waals surface area contributed by atoms with Gasteiger partial charge in [-0.1, -0.05) is 6.42 Å². The monoisotopic (exact) mass is 421 g/mol. The number of anilines is 1. The molecule has 1 heterocycles. The van der Waals surface area contributed by atoms with Crippen LogP contribution in [0.3, 0.4) is 0 Å². The van der Waals surface area contributed by atoms with Crippen LogP contribution < -0.4 is 14.8 Å². The van der Waals surface area contributed by atoms with Crippen molar-refractivity contribution in [3.63, 3.8) is 0 Å². The Hall–Kier alpha value is -3.35.